The summed E-state index contributed by atoms with van der Waals surface area (Å²) in [4.78, 5) is 11.5. The van der Waals surface area contributed by atoms with Crippen molar-refractivity contribution in [3.63, 3.8) is 0 Å². The quantitative estimate of drug-likeness (QED) is 0.613. The van der Waals surface area contributed by atoms with E-state index in [1.54, 1.807) is 24.3 Å². The van der Waals surface area contributed by atoms with Gasteiger partial charge in [-0.25, -0.2) is 4.79 Å². The second-order valence-corrected chi connectivity index (χ2v) is 8.18. The molecule has 2 aliphatic carbocycles. The van der Waals surface area contributed by atoms with Crippen molar-refractivity contribution < 1.29 is 14.3 Å². The zero-order valence-electron chi connectivity index (χ0n) is 16.2. The fraction of sp³-hybridized carbons (Fsp3) is 0.458. The third kappa shape index (κ3) is 3.36. The van der Waals surface area contributed by atoms with Crippen molar-refractivity contribution in [2.45, 2.75) is 50.9 Å². The van der Waals surface area contributed by atoms with Gasteiger partial charge >= 0.3 is 5.97 Å². The van der Waals surface area contributed by atoms with E-state index in [0.717, 1.165) is 23.3 Å². The molecule has 3 nitrogen and oxygen atoms in total. The van der Waals surface area contributed by atoms with Crippen LogP contribution in [-0.2, 0) is 10.2 Å². The van der Waals surface area contributed by atoms with E-state index in [9.17, 15) is 4.79 Å². The second kappa shape index (κ2) is 7.38. The maximum atomic E-state index is 11.5. The van der Waals surface area contributed by atoms with Gasteiger partial charge in [0.25, 0.3) is 0 Å². The zero-order chi connectivity index (χ0) is 18.9. The van der Waals surface area contributed by atoms with Crippen molar-refractivity contribution in [3.05, 3.63) is 59.7 Å². The number of fused-ring (bicyclic) bond motifs is 2. The molecule has 0 radical (unpaired) electrons. The molecule has 0 aliphatic heterocycles. The van der Waals surface area contributed by atoms with Crippen LogP contribution >= 0.6 is 0 Å². The predicted molar refractivity (Wildman–Crippen MR) is 106 cm³/mol. The Morgan fingerprint density at radius 2 is 1.33 bits per heavy atom. The molecule has 0 aromatic heterocycles. The van der Waals surface area contributed by atoms with Gasteiger partial charge < -0.3 is 9.47 Å². The first-order valence-corrected chi connectivity index (χ1v) is 10.1. The Morgan fingerprint density at radius 3 is 1.81 bits per heavy atom. The van der Waals surface area contributed by atoms with Gasteiger partial charge in [-0.1, -0.05) is 31.9 Å². The van der Waals surface area contributed by atoms with Gasteiger partial charge in [0.05, 0.1) is 12.7 Å². The van der Waals surface area contributed by atoms with Crippen LogP contribution in [0.4, 0.5) is 0 Å². The third-order valence-electron chi connectivity index (χ3n) is 6.89. The number of benzene rings is 2. The van der Waals surface area contributed by atoms with Crippen molar-refractivity contribution in [2.24, 2.45) is 11.8 Å². The lowest BCUT2D eigenvalue weighted by atomic mass is 9.53. The van der Waals surface area contributed by atoms with Crippen molar-refractivity contribution in [3.8, 4) is 11.5 Å². The molecule has 0 unspecified atom stereocenters. The first-order valence-electron chi connectivity index (χ1n) is 10.1. The maximum Gasteiger partial charge on any atom is 0.337 e. The summed E-state index contributed by atoms with van der Waals surface area (Å²) in [6, 6.07) is 15.7. The van der Waals surface area contributed by atoms with Crippen LogP contribution in [0.1, 0.15) is 61.4 Å². The second-order valence-electron chi connectivity index (χ2n) is 8.18. The molecule has 0 saturated heterocycles. The first-order chi connectivity index (χ1) is 13.1. The molecular formula is C24H28O3. The van der Waals surface area contributed by atoms with Gasteiger partial charge in [-0.3, -0.25) is 0 Å². The molecule has 4 rings (SSSR count). The van der Waals surface area contributed by atoms with Gasteiger partial charge in [-0.05, 0) is 84.9 Å². The number of carbonyl (C=O) groups excluding carboxylic acids is 1. The molecule has 2 aromatic carbocycles. The molecule has 0 N–H and O–H groups in total. The summed E-state index contributed by atoms with van der Waals surface area (Å²) in [5, 5.41) is 0. The summed E-state index contributed by atoms with van der Waals surface area (Å²) in [5.74, 6) is 2.85. The van der Waals surface area contributed by atoms with Crippen molar-refractivity contribution in [2.75, 3.05) is 7.11 Å². The molecule has 142 valence electrons. The molecule has 3 heteroatoms. The van der Waals surface area contributed by atoms with E-state index in [-0.39, 0.29) is 5.97 Å². The smallest absolute Gasteiger partial charge is 0.337 e. The highest BCUT2D eigenvalue weighted by Gasteiger charge is 2.46. The number of esters is 1. The Morgan fingerprint density at radius 1 is 0.852 bits per heavy atom. The van der Waals surface area contributed by atoms with E-state index in [1.807, 2.05) is 0 Å². The number of hydrogen-bond donors (Lipinski definition) is 0. The van der Waals surface area contributed by atoms with E-state index < -0.39 is 0 Å². The van der Waals surface area contributed by atoms with Gasteiger partial charge in [-0.2, -0.15) is 0 Å². The molecule has 2 fully saturated rings. The fourth-order valence-electron chi connectivity index (χ4n) is 5.31. The Balaban J connectivity index is 1.50. The van der Waals surface area contributed by atoms with Crippen LogP contribution in [0.2, 0.25) is 0 Å². The van der Waals surface area contributed by atoms with Crippen molar-refractivity contribution in [1.82, 2.24) is 0 Å². The zero-order valence-corrected chi connectivity index (χ0v) is 16.2. The minimum Gasteiger partial charge on any atom is -0.465 e. The summed E-state index contributed by atoms with van der Waals surface area (Å²) in [6.07, 6.45) is 8.28. The largest absolute Gasteiger partial charge is 0.465 e. The van der Waals surface area contributed by atoms with Crippen LogP contribution in [0.3, 0.4) is 0 Å². The molecule has 0 amide bonds. The van der Waals surface area contributed by atoms with Gasteiger partial charge in [0.1, 0.15) is 11.5 Å². The van der Waals surface area contributed by atoms with Gasteiger partial charge in [0.15, 0.2) is 0 Å². The van der Waals surface area contributed by atoms with Crippen molar-refractivity contribution >= 4 is 5.97 Å². The topological polar surface area (TPSA) is 35.5 Å². The minimum absolute atomic E-state index is 0.317. The molecule has 0 heterocycles. The average Bonchev–Trinajstić information content (AvgIpc) is 2.68. The molecule has 0 spiro atoms. The Kier molecular flexibility index (Phi) is 4.94. The minimum atomic E-state index is -0.336. The van der Waals surface area contributed by atoms with Crippen LogP contribution in [-0.4, -0.2) is 13.1 Å². The molecule has 27 heavy (non-hydrogen) atoms. The monoisotopic (exact) mass is 364 g/mol. The Bertz CT molecular complexity index is 769. The van der Waals surface area contributed by atoms with Gasteiger partial charge in [0, 0.05) is 0 Å². The summed E-state index contributed by atoms with van der Waals surface area (Å²) in [6.45, 7) is 2.49. The lowest BCUT2D eigenvalue weighted by Crippen LogP contribution is -2.45. The number of rotatable bonds is 4. The highest BCUT2D eigenvalue weighted by Crippen LogP contribution is 2.54. The molecule has 2 saturated carbocycles. The number of ether oxygens (including phenoxy) is 2. The van der Waals surface area contributed by atoms with E-state index in [2.05, 4.69) is 31.2 Å². The predicted octanol–water partition coefficient (Wildman–Crippen LogP) is 6.12. The normalized spacial score (nSPS) is 27.0. The molecule has 2 aromatic rings. The third-order valence-corrected chi connectivity index (χ3v) is 6.89. The summed E-state index contributed by atoms with van der Waals surface area (Å²) < 4.78 is 10.7. The van der Waals surface area contributed by atoms with Crippen LogP contribution in [0, 0.1) is 11.8 Å². The highest BCUT2D eigenvalue weighted by atomic mass is 16.5. The Hall–Kier alpha value is -2.29. The summed E-state index contributed by atoms with van der Waals surface area (Å²) in [5.41, 5.74) is 2.30. The molecule has 2 bridgehead atoms. The number of carbonyl (C=O) groups is 1. The lowest BCUT2D eigenvalue weighted by Gasteiger charge is -2.52. The van der Waals surface area contributed by atoms with Gasteiger partial charge in [0.2, 0.25) is 0 Å². The van der Waals surface area contributed by atoms with Crippen LogP contribution < -0.4 is 4.74 Å². The van der Waals surface area contributed by atoms with Crippen LogP contribution in [0.15, 0.2) is 48.5 Å². The fourth-order valence-corrected chi connectivity index (χ4v) is 5.31. The summed E-state index contributed by atoms with van der Waals surface area (Å²) >= 11 is 0. The molecule has 0 atom stereocenters. The van der Waals surface area contributed by atoms with Crippen LogP contribution in [0.5, 0.6) is 11.5 Å². The number of hydrogen-bond acceptors (Lipinski definition) is 3. The van der Waals surface area contributed by atoms with E-state index in [4.69, 9.17) is 9.47 Å². The van der Waals surface area contributed by atoms with Gasteiger partial charge in [-0.15, -0.1) is 0 Å². The Labute approximate surface area is 161 Å². The van der Waals surface area contributed by atoms with E-state index in [0.29, 0.717) is 11.0 Å². The molecule has 2 aliphatic rings. The lowest BCUT2D eigenvalue weighted by molar-refractivity contribution is 0.0600. The van der Waals surface area contributed by atoms with E-state index in [1.165, 1.54) is 51.2 Å². The van der Waals surface area contributed by atoms with Crippen molar-refractivity contribution in [1.29, 1.82) is 0 Å². The standard InChI is InChI=1S/C24H28O3/c1-24(18-5-3-6-19(24)8-4-7-18)20-11-15-22(16-12-20)27-21-13-9-17(10-14-21)23(25)26-2/h9-16,18-19H,3-8H2,1-2H3. The maximum absolute atomic E-state index is 11.5. The first kappa shape index (κ1) is 18.1. The average molecular weight is 364 g/mol. The molecular weight excluding hydrogens is 336 g/mol. The highest BCUT2D eigenvalue weighted by molar-refractivity contribution is 5.89. The summed E-state index contributed by atoms with van der Waals surface area (Å²) in [7, 11) is 1.38. The number of methoxy groups -OCH3 is 1. The van der Waals surface area contributed by atoms with Crippen LogP contribution in [0.25, 0.3) is 0 Å². The van der Waals surface area contributed by atoms with E-state index >= 15 is 0 Å². The SMILES string of the molecule is COC(=O)c1ccc(Oc2ccc(C3(C)C4CCCC3CCC4)cc2)cc1.